The first kappa shape index (κ1) is 9.29. The van der Waals surface area contributed by atoms with Crippen molar-refractivity contribution in [2.75, 3.05) is 6.73 Å². The van der Waals surface area contributed by atoms with Crippen LogP contribution in [0.25, 0.3) is 0 Å². The van der Waals surface area contributed by atoms with E-state index < -0.39 is 6.29 Å². The van der Waals surface area contributed by atoms with Crippen molar-refractivity contribution in [2.45, 2.75) is 19.6 Å². The van der Waals surface area contributed by atoms with Crippen molar-refractivity contribution in [3.63, 3.8) is 0 Å². The number of rotatable bonds is 3. The molecular weight excluding hydrogens is 154 g/mol. The van der Waals surface area contributed by atoms with Crippen molar-refractivity contribution in [2.24, 2.45) is 5.92 Å². The molecule has 1 aliphatic heterocycles. The van der Waals surface area contributed by atoms with Crippen molar-refractivity contribution in [3.8, 4) is 0 Å². The van der Waals surface area contributed by atoms with E-state index in [9.17, 15) is 5.11 Å². The van der Waals surface area contributed by atoms with E-state index in [1.54, 1.807) is 0 Å². The van der Waals surface area contributed by atoms with Crippen LogP contribution < -0.4 is 5.32 Å². The van der Waals surface area contributed by atoms with Gasteiger partial charge < -0.3 is 15.2 Å². The van der Waals surface area contributed by atoms with Crippen LogP contribution in [-0.2, 0) is 4.74 Å². The quantitative estimate of drug-likeness (QED) is 0.619. The lowest BCUT2D eigenvalue weighted by Crippen LogP contribution is -2.12. The summed E-state index contributed by atoms with van der Waals surface area (Å²) >= 11 is 0. The molecule has 3 heteroatoms. The summed E-state index contributed by atoms with van der Waals surface area (Å²) in [6.07, 6.45) is 3.98. The highest BCUT2D eigenvalue weighted by Gasteiger charge is 2.17. The van der Waals surface area contributed by atoms with Gasteiger partial charge in [-0.1, -0.05) is 19.1 Å². The molecule has 68 valence electrons. The Morgan fingerprint density at radius 1 is 1.92 bits per heavy atom. The molecule has 1 heterocycles. The molecule has 0 aromatic heterocycles. The first-order valence-electron chi connectivity index (χ1n) is 4.10. The van der Waals surface area contributed by atoms with E-state index >= 15 is 0 Å². The smallest absolute Gasteiger partial charge is 0.197 e. The molecule has 1 saturated heterocycles. The van der Waals surface area contributed by atoms with Gasteiger partial charge in [0.1, 0.15) is 6.73 Å². The van der Waals surface area contributed by atoms with E-state index in [1.807, 2.05) is 12.2 Å². The van der Waals surface area contributed by atoms with Gasteiger partial charge in [-0.05, 0) is 12.3 Å². The minimum absolute atomic E-state index is 0.390. The Hall–Kier alpha value is -0.800. The van der Waals surface area contributed by atoms with Crippen molar-refractivity contribution in [1.82, 2.24) is 5.32 Å². The molecule has 0 aromatic carbocycles. The molecule has 0 aliphatic carbocycles. The zero-order chi connectivity index (χ0) is 8.97. The molecule has 0 aromatic rings. The fourth-order valence-electron chi connectivity index (χ4n) is 1.16. The van der Waals surface area contributed by atoms with E-state index in [0.717, 1.165) is 12.1 Å². The first-order chi connectivity index (χ1) is 5.74. The molecule has 0 amide bonds. The van der Waals surface area contributed by atoms with Crippen molar-refractivity contribution in [3.05, 3.63) is 24.4 Å². The summed E-state index contributed by atoms with van der Waals surface area (Å²) in [7, 11) is 0. The Morgan fingerprint density at radius 2 is 2.67 bits per heavy atom. The third-order valence-electron chi connectivity index (χ3n) is 1.79. The standard InChI is InChI=1S/C9H15NO2/c1-3-4-7(2)5-8-9(11)12-6-10-8/h3,5,7,9-11H,1,4,6H2,2H3/b8-5-. The predicted molar refractivity (Wildman–Crippen MR) is 47.2 cm³/mol. The van der Waals surface area contributed by atoms with Gasteiger partial charge in [-0.25, -0.2) is 0 Å². The SMILES string of the molecule is C=CCC(C)/C=C1\NCOC1O. The topological polar surface area (TPSA) is 41.5 Å². The number of aliphatic hydroxyl groups excluding tert-OH is 1. The maximum absolute atomic E-state index is 9.23. The van der Waals surface area contributed by atoms with Crippen molar-refractivity contribution in [1.29, 1.82) is 0 Å². The number of nitrogens with one attached hydrogen (secondary N) is 1. The van der Waals surface area contributed by atoms with Crippen LogP contribution in [0, 0.1) is 5.92 Å². The average Bonchev–Trinajstić information content (AvgIpc) is 2.37. The lowest BCUT2D eigenvalue weighted by Gasteiger charge is -2.06. The fraction of sp³-hybridized carbons (Fsp3) is 0.556. The van der Waals surface area contributed by atoms with E-state index in [-0.39, 0.29) is 0 Å². The zero-order valence-electron chi connectivity index (χ0n) is 7.29. The number of ether oxygens (including phenoxy) is 1. The van der Waals surface area contributed by atoms with Gasteiger partial charge in [0.05, 0.1) is 5.70 Å². The normalized spacial score (nSPS) is 28.5. The lowest BCUT2D eigenvalue weighted by atomic mass is 10.1. The summed E-state index contributed by atoms with van der Waals surface area (Å²) < 4.78 is 4.89. The van der Waals surface area contributed by atoms with Crippen LogP contribution in [0.15, 0.2) is 24.4 Å². The molecule has 3 nitrogen and oxygen atoms in total. The van der Waals surface area contributed by atoms with Crippen LogP contribution >= 0.6 is 0 Å². The third kappa shape index (κ3) is 2.36. The third-order valence-corrected chi connectivity index (χ3v) is 1.79. The molecule has 0 saturated carbocycles. The molecule has 1 rings (SSSR count). The Kier molecular flexibility index (Phi) is 3.31. The Balaban J connectivity index is 2.48. The monoisotopic (exact) mass is 169 g/mol. The van der Waals surface area contributed by atoms with Gasteiger partial charge >= 0.3 is 0 Å². The highest BCUT2D eigenvalue weighted by atomic mass is 16.6. The van der Waals surface area contributed by atoms with Crippen molar-refractivity contribution < 1.29 is 9.84 Å². The minimum Gasteiger partial charge on any atom is -0.363 e. The highest BCUT2D eigenvalue weighted by molar-refractivity contribution is 5.07. The first-order valence-corrected chi connectivity index (χ1v) is 4.10. The van der Waals surface area contributed by atoms with Gasteiger partial charge in [-0.2, -0.15) is 0 Å². The Labute approximate surface area is 72.7 Å². The summed E-state index contributed by atoms with van der Waals surface area (Å²) in [5, 5.41) is 12.2. The van der Waals surface area contributed by atoms with E-state index in [1.165, 1.54) is 0 Å². The van der Waals surface area contributed by atoms with E-state index in [0.29, 0.717) is 12.6 Å². The largest absolute Gasteiger partial charge is 0.363 e. The Bertz CT molecular complexity index is 189. The van der Waals surface area contributed by atoms with Crippen LogP contribution in [-0.4, -0.2) is 18.1 Å². The van der Waals surface area contributed by atoms with Crippen LogP contribution in [0.2, 0.25) is 0 Å². The summed E-state index contributed by atoms with van der Waals surface area (Å²) in [6, 6.07) is 0. The lowest BCUT2D eigenvalue weighted by molar-refractivity contribution is -0.0406. The van der Waals surface area contributed by atoms with Gasteiger partial charge in [0.2, 0.25) is 0 Å². The predicted octanol–water partition coefficient (Wildman–Crippen LogP) is 0.978. The average molecular weight is 169 g/mol. The second kappa shape index (κ2) is 4.28. The molecule has 0 bridgehead atoms. The summed E-state index contributed by atoms with van der Waals surface area (Å²) in [5.41, 5.74) is 0.768. The summed E-state index contributed by atoms with van der Waals surface area (Å²) in [5.74, 6) is 0.390. The van der Waals surface area contributed by atoms with Crippen LogP contribution in [0.4, 0.5) is 0 Å². The molecule has 1 fully saturated rings. The van der Waals surface area contributed by atoms with Crippen LogP contribution in [0.3, 0.4) is 0 Å². The second-order valence-corrected chi connectivity index (χ2v) is 2.96. The van der Waals surface area contributed by atoms with Gasteiger partial charge in [0, 0.05) is 0 Å². The summed E-state index contributed by atoms with van der Waals surface area (Å²) in [6.45, 7) is 6.12. The molecule has 2 unspecified atom stereocenters. The number of aliphatic hydroxyl groups is 1. The molecule has 2 atom stereocenters. The second-order valence-electron chi connectivity index (χ2n) is 2.96. The van der Waals surface area contributed by atoms with Crippen molar-refractivity contribution >= 4 is 0 Å². The van der Waals surface area contributed by atoms with E-state index in [4.69, 9.17) is 4.74 Å². The minimum atomic E-state index is -0.766. The van der Waals surface area contributed by atoms with Gasteiger partial charge in [-0.3, -0.25) is 0 Å². The van der Waals surface area contributed by atoms with Crippen LogP contribution in [0.1, 0.15) is 13.3 Å². The maximum Gasteiger partial charge on any atom is 0.197 e. The van der Waals surface area contributed by atoms with Gasteiger partial charge in [0.25, 0.3) is 0 Å². The van der Waals surface area contributed by atoms with Gasteiger partial charge in [-0.15, -0.1) is 6.58 Å². The molecule has 2 N–H and O–H groups in total. The molecule has 1 aliphatic rings. The number of hydrogen-bond donors (Lipinski definition) is 2. The Morgan fingerprint density at radius 3 is 3.17 bits per heavy atom. The number of hydrogen-bond acceptors (Lipinski definition) is 3. The molecule has 0 spiro atoms. The maximum atomic E-state index is 9.23. The zero-order valence-corrected chi connectivity index (χ0v) is 7.29. The van der Waals surface area contributed by atoms with E-state index in [2.05, 4.69) is 18.8 Å². The molecule has 0 radical (unpaired) electrons. The number of allylic oxidation sites excluding steroid dienone is 2. The fourth-order valence-corrected chi connectivity index (χ4v) is 1.16. The summed E-state index contributed by atoms with van der Waals surface area (Å²) in [4.78, 5) is 0. The molecule has 12 heavy (non-hydrogen) atoms. The van der Waals surface area contributed by atoms with Gasteiger partial charge in [0.15, 0.2) is 6.29 Å². The molecular formula is C9H15NO2. The highest BCUT2D eigenvalue weighted by Crippen LogP contribution is 2.13. The van der Waals surface area contributed by atoms with Crippen LogP contribution in [0.5, 0.6) is 0 Å².